The Morgan fingerprint density at radius 3 is 2.14 bits per heavy atom. The molecule has 0 radical (unpaired) electrons. The van der Waals surface area contributed by atoms with Crippen molar-refractivity contribution in [2.75, 3.05) is 13.2 Å². The summed E-state index contributed by atoms with van der Waals surface area (Å²) in [6.45, 7) is 8.31. The number of benzene rings is 1. The predicted octanol–water partition coefficient (Wildman–Crippen LogP) is 2.33. The summed E-state index contributed by atoms with van der Waals surface area (Å²) in [6.07, 6.45) is -1.68. The van der Waals surface area contributed by atoms with Gasteiger partial charge in [0.25, 0.3) is 0 Å². The van der Waals surface area contributed by atoms with Crippen molar-refractivity contribution in [2.45, 2.75) is 24.8 Å². The van der Waals surface area contributed by atoms with Crippen LogP contribution in [0, 0.1) is 0 Å². The average molecular weight is 302 g/mol. The molecule has 5 rings (SSSR count). The van der Waals surface area contributed by atoms with E-state index < -0.39 is 12.6 Å². The monoisotopic (exact) mass is 302 g/mol. The lowest BCUT2D eigenvalue weighted by molar-refractivity contribution is -0.108. The first kappa shape index (κ1) is 12.4. The van der Waals surface area contributed by atoms with Gasteiger partial charge in [0.05, 0.1) is 5.56 Å². The standard InChI is InChI=1S/C16H14O6/c1-7-5-17-15(19-7)12-9-3-4-10-13(22-12)11(9)14(21-10)16-18-6-8(2)20-16/h3-4,12,14-16H,1-2,5-6H2. The molecule has 0 aliphatic carbocycles. The fourth-order valence-electron chi connectivity index (χ4n) is 3.24. The predicted molar refractivity (Wildman–Crippen MR) is 73.1 cm³/mol. The fraction of sp³-hybridized carbons (Fsp3) is 0.375. The number of hydrogen-bond donors (Lipinski definition) is 0. The minimum absolute atomic E-state index is 0.325. The molecular weight excluding hydrogens is 288 g/mol. The van der Waals surface area contributed by atoms with E-state index in [0.717, 1.165) is 16.9 Å². The molecule has 6 nitrogen and oxygen atoms in total. The van der Waals surface area contributed by atoms with Gasteiger partial charge in [-0.3, -0.25) is 0 Å². The van der Waals surface area contributed by atoms with E-state index in [9.17, 15) is 0 Å². The first-order valence-electron chi connectivity index (χ1n) is 7.13. The number of rotatable bonds is 2. The molecule has 0 saturated carbocycles. The van der Waals surface area contributed by atoms with Crippen LogP contribution >= 0.6 is 0 Å². The summed E-state index contributed by atoms with van der Waals surface area (Å²) in [5, 5.41) is 0. The Kier molecular flexibility index (Phi) is 2.35. The Morgan fingerprint density at radius 1 is 0.818 bits per heavy atom. The van der Waals surface area contributed by atoms with Gasteiger partial charge in [-0.1, -0.05) is 19.2 Å². The van der Waals surface area contributed by atoms with Gasteiger partial charge in [-0.15, -0.1) is 0 Å². The fourth-order valence-corrected chi connectivity index (χ4v) is 3.24. The molecule has 1 aromatic rings. The molecule has 0 aromatic heterocycles. The minimum Gasteiger partial charge on any atom is -0.475 e. The second-order valence-electron chi connectivity index (χ2n) is 5.64. The first-order valence-corrected chi connectivity index (χ1v) is 7.13. The third kappa shape index (κ3) is 1.56. The molecular formula is C16H14O6. The molecule has 2 fully saturated rings. The second kappa shape index (κ2) is 4.18. The van der Waals surface area contributed by atoms with Crippen molar-refractivity contribution in [2.24, 2.45) is 0 Å². The number of hydrogen-bond acceptors (Lipinski definition) is 6. The highest BCUT2D eigenvalue weighted by Crippen LogP contribution is 2.57. The summed E-state index contributed by atoms with van der Waals surface area (Å²) in [5.41, 5.74) is 1.93. The van der Waals surface area contributed by atoms with E-state index in [0.29, 0.717) is 30.5 Å². The van der Waals surface area contributed by atoms with Crippen LogP contribution in [0.3, 0.4) is 0 Å². The zero-order valence-corrected chi connectivity index (χ0v) is 11.7. The molecule has 4 heterocycles. The van der Waals surface area contributed by atoms with E-state index in [2.05, 4.69) is 13.2 Å². The van der Waals surface area contributed by atoms with E-state index in [4.69, 9.17) is 28.4 Å². The van der Waals surface area contributed by atoms with Gasteiger partial charge in [0.2, 0.25) is 12.6 Å². The van der Waals surface area contributed by atoms with E-state index in [1.165, 1.54) is 0 Å². The van der Waals surface area contributed by atoms with Gasteiger partial charge in [-0.05, 0) is 6.07 Å². The zero-order valence-electron chi connectivity index (χ0n) is 11.7. The summed E-state index contributed by atoms with van der Waals surface area (Å²) >= 11 is 0. The maximum absolute atomic E-state index is 6.01. The Morgan fingerprint density at radius 2 is 1.50 bits per heavy atom. The van der Waals surface area contributed by atoms with Crippen LogP contribution in [-0.4, -0.2) is 25.8 Å². The molecule has 114 valence electrons. The van der Waals surface area contributed by atoms with Crippen LogP contribution in [0.15, 0.2) is 36.8 Å². The van der Waals surface area contributed by atoms with Crippen molar-refractivity contribution in [3.8, 4) is 11.5 Å². The van der Waals surface area contributed by atoms with Gasteiger partial charge < -0.3 is 28.4 Å². The van der Waals surface area contributed by atoms with Crippen molar-refractivity contribution < 1.29 is 28.4 Å². The molecule has 0 spiro atoms. The van der Waals surface area contributed by atoms with Crippen molar-refractivity contribution in [3.63, 3.8) is 0 Å². The molecule has 1 aromatic carbocycles. The molecule has 4 unspecified atom stereocenters. The van der Waals surface area contributed by atoms with Crippen molar-refractivity contribution in [3.05, 3.63) is 47.9 Å². The number of ether oxygens (including phenoxy) is 6. The lowest BCUT2D eigenvalue weighted by Crippen LogP contribution is -2.25. The molecule has 0 amide bonds. The van der Waals surface area contributed by atoms with Gasteiger partial charge in [0.1, 0.15) is 24.7 Å². The van der Waals surface area contributed by atoms with E-state index in [-0.39, 0.29) is 12.2 Å². The molecule has 6 heteroatoms. The normalized spacial score (nSPS) is 34.4. The topological polar surface area (TPSA) is 55.4 Å². The molecule has 4 atom stereocenters. The summed E-state index contributed by atoms with van der Waals surface area (Å²) in [6, 6.07) is 3.87. The molecule has 4 bridgehead atoms. The van der Waals surface area contributed by atoms with Gasteiger partial charge >= 0.3 is 0 Å². The lowest BCUT2D eigenvalue weighted by Gasteiger charge is -2.21. The molecule has 22 heavy (non-hydrogen) atoms. The zero-order chi connectivity index (χ0) is 14.8. The van der Waals surface area contributed by atoms with Crippen LogP contribution in [0.1, 0.15) is 23.3 Å². The first-order chi connectivity index (χ1) is 10.7. The second-order valence-corrected chi connectivity index (χ2v) is 5.64. The largest absolute Gasteiger partial charge is 0.475 e. The molecule has 4 aliphatic heterocycles. The highest BCUT2D eigenvalue weighted by molar-refractivity contribution is 5.60. The van der Waals surface area contributed by atoms with Gasteiger partial charge in [-0.25, -0.2) is 0 Å². The molecule has 4 aliphatic rings. The third-order valence-electron chi connectivity index (χ3n) is 4.16. The summed E-state index contributed by atoms with van der Waals surface area (Å²) in [4.78, 5) is 0. The summed E-state index contributed by atoms with van der Waals surface area (Å²) in [5.74, 6) is 2.63. The van der Waals surface area contributed by atoms with Crippen molar-refractivity contribution in [1.29, 1.82) is 0 Å². The van der Waals surface area contributed by atoms with Crippen LogP contribution < -0.4 is 9.47 Å². The Bertz CT molecular complexity index is 696. The van der Waals surface area contributed by atoms with Gasteiger partial charge in [0.15, 0.2) is 23.7 Å². The Hall–Kier alpha value is -2.18. The maximum atomic E-state index is 6.01. The van der Waals surface area contributed by atoms with Gasteiger partial charge in [0, 0.05) is 5.56 Å². The third-order valence-corrected chi connectivity index (χ3v) is 4.16. The maximum Gasteiger partial charge on any atom is 0.241 e. The summed E-state index contributed by atoms with van der Waals surface area (Å²) < 4.78 is 34.3. The Labute approximate surface area is 126 Å². The van der Waals surface area contributed by atoms with Crippen LogP contribution in [0.25, 0.3) is 0 Å². The van der Waals surface area contributed by atoms with Crippen LogP contribution in [0.5, 0.6) is 11.5 Å². The summed E-state index contributed by atoms with van der Waals surface area (Å²) in [7, 11) is 0. The van der Waals surface area contributed by atoms with Crippen molar-refractivity contribution >= 4 is 0 Å². The van der Waals surface area contributed by atoms with Crippen molar-refractivity contribution in [1.82, 2.24) is 0 Å². The minimum atomic E-state index is -0.507. The quantitative estimate of drug-likeness (QED) is 0.836. The highest BCUT2D eigenvalue weighted by atomic mass is 16.7. The lowest BCUT2D eigenvalue weighted by atomic mass is 10.0. The van der Waals surface area contributed by atoms with Gasteiger partial charge in [-0.2, -0.15) is 0 Å². The van der Waals surface area contributed by atoms with Crippen LogP contribution in [0.4, 0.5) is 0 Å². The smallest absolute Gasteiger partial charge is 0.241 e. The van der Waals surface area contributed by atoms with E-state index in [1.54, 1.807) is 0 Å². The van der Waals surface area contributed by atoms with E-state index >= 15 is 0 Å². The highest BCUT2D eigenvalue weighted by Gasteiger charge is 2.50. The average Bonchev–Trinajstić information content (AvgIpc) is 3.20. The SMILES string of the molecule is C=C1COC(C2Oc3c4ccc2c3C(C2OCC(=C)O2)O4)O1. The molecule has 0 N–H and O–H groups in total. The Balaban J connectivity index is 1.49. The van der Waals surface area contributed by atoms with Crippen LogP contribution in [0.2, 0.25) is 0 Å². The van der Waals surface area contributed by atoms with E-state index in [1.807, 2.05) is 12.1 Å². The molecule has 2 saturated heterocycles. The van der Waals surface area contributed by atoms with Crippen LogP contribution in [-0.2, 0) is 18.9 Å².